The predicted molar refractivity (Wildman–Crippen MR) is 104 cm³/mol. The summed E-state index contributed by atoms with van der Waals surface area (Å²) in [5.74, 6) is 0.552. The summed E-state index contributed by atoms with van der Waals surface area (Å²) >= 11 is 5.90. The molecule has 0 spiro atoms. The minimum absolute atomic E-state index is 0.000711. The number of halogens is 1. The lowest BCUT2D eigenvalue weighted by Gasteiger charge is -2.35. The number of carboxylic acids is 1. The topological polar surface area (TPSA) is 122 Å². The molecule has 1 fully saturated rings. The number of amides is 1. The molecule has 10 heteroatoms. The summed E-state index contributed by atoms with van der Waals surface area (Å²) in [5.41, 5.74) is 5.75. The lowest BCUT2D eigenvalue weighted by molar-refractivity contribution is -0.141. The highest BCUT2D eigenvalue weighted by Crippen LogP contribution is 2.31. The second-order valence-electron chi connectivity index (χ2n) is 6.23. The summed E-state index contributed by atoms with van der Waals surface area (Å²) < 4.78 is 5.89. The van der Waals surface area contributed by atoms with E-state index in [0.29, 0.717) is 48.5 Å². The summed E-state index contributed by atoms with van der Waals surface area (Å²) in [5, 5.41) is 9.32. The molecule has 0 saturated carbocycles. The number of rotatable bonds is 6. The van der Waals surface area contributed by atoms with Crippen molar-refractivity contribution in [2.24, 2.45) is 0 Å². The summed E-state index contributed by atoms with van der Waals surface area (Å²) in [4.78, 5) is 34.7. The van der Waals surface area contributed by atoms with E-state index in [1.807, 2.05) is 4.90 Å². The number of ether oxygens (including phenoxy) is 1. The van der Waals surface area contributed by atoms with Crippen molar-refractivity contribution in [3.8, 4) is 11.5 Å². The first-order valence-electron chi connectivity index (χ1n) is 8.73. The van der Waals surface area contributed by atoms with Gasteiger partial charge in [-0.15, -0.1) is 0 Å². The molecule has 148 valence electrons. The van der Waals surface area contributed by atoms with Crippen LogP contribution in [0.15, 0.2) is 30.5 Å². The molecule has 0 atom stereocenters. The molecular weight excluding hydrogens is 386 g/mol. The van der Waals surface area contributed by atoms with Crippen LogP contribution in [0.4, 0.5) is 11.8 Å². The number of carbonyl (C=O) groups excluding carboxylic acids is 1. The lowest BCUT2D eigenvalue weighted by Crippen LogP contribution is -2.49. The van der Waals surface area contributed by atoms with E-state index in [-0.39, 0.29) is 24.7 Å². The first-order valence-corrected chi connectivity index (χ1v) is 9.10. The molecule has 2 heterocycles. The highest BCUT2D eigenvalue weighted by Gasteiger charge is 2.25. The molecule has 1 aromatic carbocycles. The Balaban J connectivity index is 1.68. The molecule has 1 aliphatic rings. The zero-order valence-electron chi connectivity index (χ0n) is 15.0. The number of carboxylic acid groups (broad SMARTS) is 1. The molecule has 1 amide bonds. The van der Waals surface area contributed by atoms with Crippen LogP contribution < -0.4 is 15.4 Å². The third-order valence-electron chi connectivity index (χ3n) is 4.28. The van der Waals surface area contributed by atoms with E-state index in [4.69, 9.17) is 27.2 Å². The van der Waals surface area contributed by atoms with Gasteiger partial charge in [-0.2, -0.15) is 4.98 Å². The van der Waals surface area contributed by atoms with Gasteiger partial charge in [0.1, 0.15) is 5.75 Å². The van der Waals surface area contributed by atoms with Crippen molar-refractivity contribution in [3.05, 3.63) is 35.5 Å². The molecule has 3 N–H and O–H groups in total. The molecule has 1 aromatic heterocycles. The highest BCUT2D eigenvalue weighted by atomic mass is 35.5. The van der Waals surface area contributed by atoms with Crippen LogP contribution in [-0.2, 0) is 9.59 Å². The van der Waals surface area contributed by atoms with Gasteiger partial charge >= 0.3 is 5.97 Å². The summed E-state index contributed by atoms with van der Waals surface area (Å²) in [7, 11) is 0. The molecule has 1 aliphatic heterocycles. The van der Waals surface area contributed by atoms with Crippen molar-refractivity contribution in [2.75, 3.05) is 36.8 Å². The number of hydrogen-bond donors (Lipinski definition) is 2. The van der Waals surface area contributed by atoms with E-state index < -0.39 is 5.97 Å². The first kappa shape index (κ1) is 19.7. The third kappa shape index (κ3) is 5.01. The standard InChI is InChI=1S/C18H20ClN5O4/c19-12-1-3-13(4-2-12)28-14-11-21-18(20)22-17(14)24-9-7-23(8-10-24)15(25)5-6-16(26)27/h1-4,11H,5-10H2,(H,26,27)(H2,20,21,22). The molecule has 9 nitrogen and oxygen atoms in total. The van der Waals surface area contributed by atoms with Crippen molar-refractivity contribution in [2.45, 2.75) is 12.8 Å². The fraction of sp³-hybridized carbons (Fsp3) is 0.333. The number of hydrogen-bond acceptors (Lipinski definition) is 7. The van der Waals surface area contributed by atoms with E-state index in [1.54, 1.807) is 29.2 Å². The zero-order valence-corrected chi connectivity index (χ0v) is 15.8. The Bertz CT molecular complexity index is 854. The lowest BCUT2D eigenvalue weighted by atomic mass is 10.2. The average Bonchev–Trinajstić information content (AvgIpc) is 2.69. The van der Waals surface area contributed by atoms with Crippen molar-refractivity contribution in [1.29, 1.82) is 0 Å². The number of nitrogens with zero attached hydrogens (tertiary/aromatic N) is 4. The Morgan fingerprint density at radius 3 is 2.46 bits per heavy atom. The van der Waals surface area contributed by atoms with Gasteiger partial charge in [-0.3, -0.25) is 9.59 Å². The molecular formula is C18H20ClN5O4. The molecule has 2 aromatic rings. The quantitative estimate of drug-likeness (QED) is 0.748. The minimum Gasteiger partial charge on any atom is -0.481 e. The van der Waals surface area contributed by atoms with Crippen LogP contribution in [0.2, 0.25) is 5.02 Å². The molecule has 0 radical (unpaired) electrons. The van der Waals surface area contributed by atoms with Crippen molar-refractivity contribution >= 4 is 35.2 Å². The van der Waals surface area contributed by atoms with E-state index in [0.717, 1.165) is 0 Å². The van der Waals surface area contributed by atoms with Gasteiger partial charge in [0.2, 0.25) is 11.9 Å². The Morgan fingerprint density at radius 1 is 1.14 bits per heavy atom. The molecule has 28 heavy (non-hydrogen) atoms. The van der Waals surface area contributed by atoms with Gasteiger partial charge in [-0.05, 0) is 24.3 Å². The Morgan fingerprint density at radius 2 is 1.82 bits per heavy atom. The number of benzene rings is 1. The van der Waals surface area contributed by atoms with Crippen LogP contribution in [0.5, 0.6) is 11.5 Å². The maximum Gasteiger partial charge on any atom is 0.303 e. The number of anilines is 2. The Kier molecular flexibility index (Phi) is 6.15. The largest absolute Gasteiger partial charge is 0.481 e. The van der Waals surface area contributed by atoms with Gasteiger partial charge < -0.3 is 25.4 Å². The van der Waals surface area contributed by atoms with Crippen molar-refractivity contribution in [3.63, 3.8) is 0 Å². The Hall–Kier alpha value is -3.07. The van der Waals surface area contributed by atoms with Gasteiger partial charge in [0.05, 0.1) is 12.6 Å². The number of aromatic nitrogens is 2. The van der Waals surface area contributed by atoms with E-state index >= 15 is 0 Å². The highest BCUT2D eigenvalue weighted by molar-refractivity contribution is 6.30. The molecule has 0 aliphatic carbocycles. The molecule has 3 rings (SSSR count). The summed E-state index contributed by atoms with van der Waals surface area (Å²) in [6, 6.07) is 6.91. The zero-order chi connectivity index (χ0) is 20.1. The van der Waals surface area contributed by atoms with Crippen LogP contribution in [0.1, 0.15) is 12.8 Å². The maximum atomic E-state index is 12.1. The second kappa shape index (κ2) is 8.75. The van der Waals surface area contributed by atoms with Crippen molar-refractivity contribution < 1.29 is 19.4 Å². The summed E-state index contributed by atoms with van der Waals surface area (Å²) in [6.45, 7) is 1.96. The predicted octanol–water partition coefficient (Wildman–Crippen LogP) is 2.02. The second-order valence-corrected chi connectivity index (χ2v) is 6.67. The van der Waals surface area contributed by atoms with E-state index in [2.05, 4.69) is 9.97 Å². The number of nitrogens with two attached hydrogens (primary N) is 1. The smallest absolute Gasteiger partial charge is 0.303 e. The first-order chi connectivity index (χ1) is 13.4. The number of carbonyl (C=O) groups is 2. The molecule has 0 bridgehead atoms. The minimum atomic E-state index is -0.979. The van der Waals surface area contributed by atoms with Crippen LogP contribution in [0.3, 0.4) is 0 Å². The maximum absolute atomic E-state index is 12.1. The van der Waals surface area contributed by atoms with Gasteiger partial charge in [0.15, 0.2) is 11.6 Å². The van der Waals surface area contributed by atoms with Gasteiger partial charge in [-0.25, -0.2) is 4.98 Å². The average molecular weight is 406 g/mol. The van der Waals surface area contributed by atoms with Gasteiger partial charge in [0.25, 0.3) is 0 Å². The number of nitrogen functional groups attached to an aromatic ring is 1. The summed E-state index contributed by atoms with van der Waals surface area (Å²) in [6.07, 6.45) is 1.35. The fourth-order valence-corrected chi connectivity index (χ4v) is 2.97. The Labute approximate surface area is 166 Å². The monoisotopic (exact) mass is 405 g/mol. The van der Waals surface area contributed by atoms with Crippen LogP contribution in [0, 0.1) is 0 Å². The third-order valence-corrected chi connectivity index (χ3v) is 4.53. The van der Waals surface area contributed by atoms with Crippen LogP contribution in [0.25, 0.3) is 0 Å². The van der Waals surface area contributed by atoms with E-state index in [9.17, 15) is 9.59 Å². The van der Waals surface area contributed by atoms with Gasteiger partial charge in [-0.1, -0.05) is 11.6 Å². The van der Waals surface area contributed by atoms with E-state index in [1.165, 1.54) is 6.20 Å². The van der Waals surface area contributed by atoms with Crippen molar-refractivity contribution in [1.82, 2.24) is 14.9 Å². The normalized spacial score (nSPS) is 14.0. The number of piperazine rings is 1. The van der Waals surface area contributed by atoms with Crippen LogP contribution in [-0.4, -0.2) is 58.0 Å². The SMILES string of the molecule is Nc1ncc(Oc2ccc(Cl)cc2)c(N2CCN(C(=O)CCC(=O)O)CC2)n1. The number of aliphatic carboxylic acids is 1. The van der Waals surface area contributed by atoms with Crippen LogP contribution >= 0.6 is 11.6 Å². The molecule has 1 saturated heterocycles. The fourth-order valence-electron chi connectivity index (χ4n) is 2.84. The molecule has 0 unspecified atom stereocenters. The van der Waals surface area contributed by atoms with Gasteiger partial charge in [0, 0.05) is 37.6 Å².